The molecule has 2 aromatic rings. The summed E-state index contributed by atoms with van der Waals surface area (Å²) in [4.78, 5) is 25.7. The Balaban J connectivity index is 1.65. The van der Waals surface area contributed by atoms with E-state index in [0.29, 0.717) is 18.7 Å². The molecule has 9 heteroatoms. The quantitative estimate of drug-likeness (QED) is 0.693. The van der Waals surface area contributed by atoms with E-state index < -0.39 is 10.0 Å². The van der Waals surface area contributed by atoms with Crippen molar-refractivity contribution in [2.45, 2.75) is 24.8 Å². The van der Waals surface area contributed by atoms with Crippen molar-refractivity contribution in [1.82, 2.24) is 14.5 Å². The molecule has 1 fully saturated rings. The lowest BCUT2D eigenvalue weighted by Gasteiger charge is -2.33. The maximum atomic E-state index is 12.9. The molecule has 1 saturated heterocycles. The molecular weight excluding hydrogens is 470 g/mol. The zero-order valence-corrected chi connectivity index (χ0v) is 19.2. The average molecular weight is 494 g/mol. The first-order valence-electron chi connectivity index (χ1n) is 9.60. The molecule has 1 aliphatic rings. The third-order valence-electron chi connectivity index (χ3n) is 5.16. The Labute approximate surface area is 185 Å². The van der Waals surface area contributed by atoms with Gasteiger partial charge in [-0.3, -0.25) is 9.59 Å². The molecule has 30 heavy (non-hydrogen) atoms. The SMILES string of the molecule is CC(=O)N1CCN(S(=O)(=O)c2ccc(C(=O)NC(C)c3ccc(Br)cc3)cc2)CC1. The van der Waals surface area contributed by atoms with Crippen molar-refractivity contribution >= 4 is 37.8 Å². The summed E-state index contributed by atoms with van der Waals surface area (Å²) in [7, 11) is -3.66. The summed E-state index contributed by atoms with van der Waals surface area (Å²) in [6.45, 7) is 4.64. The van der Waals surface area contributed by atoms with Crippen LogP contribution in [0.1, 0.15) is 35.8 Å². The van der Waals surface area contributed by atoms with Crippen molar-refractivity contribution in [3.63, 3.8) is 0 Å². The standard InChI is InChI=1S/C21H24BrN3O4S/c1-15(17-3-7-19(22)8-4-17)23-21(27)18-5-9-20(10-6-18)30(28,29)25-13-11-24(12-14-25)16(2)26/h3-10,15H,11-14H2,1-2H3,(H,23,27). The Morgan fingerprint density at radius 3 is 2.07 bits per heavy atom. The maximum Gasteiger partial charge on any atom is 0.251 e. The van der Waals surface area contributed by atoms with Crippen LogP contribution in [-0.4, -0.2) is 55.6 Å². The van der Waals surface area contributed by atoms with Crippen LogP contribution < -0.4 is 5.32 Å². The van der Waals surface area contributed by atoms with Gasteiger partial charge in [0.05, 0.1) is 10.9 Å². The summed E-state index contributed by atoms with van der Waals surface area (Å²) >= 11 is 3.39. The van der Waals surface area contributed by atoms with Crippen LogP contribution in [0, 0.1) is 0 Å². The number of amides is 2. The predicted molar refractivity (Wildman–Crippen MR) is 117 cm³/mol. The number of sulfonamides is 1. The fourth-order valence-corrected chi connectivity index (χ4v) is 4.97. The van der Waals surface area contributed by atoms with E-state index in [1.807, 2.05) is 31.2 Å². The molecule has 3 rings (SSSR count). The van der Waals surface area contributed by atoms with E-state index in [1.165, 1.54) is 35.5 Å². The zero-order valence-electron chi connectivity index (χ0n) is 16.8. The highest BCUT2D eigenvalue weighted by atomic mass is 79.9. The van der Waals surface area contributed by atoms with Gasteiger partial charge in [0.25, 0.3) is 5.91 Å². The lowest BCUT2D eigenvalue weighted by Crippen LogP contribution is -2.49. The van der Waals surface area contributed by atoms with Crippen LogP contribution >= 0.6 is 15.9 Å². The molecule has 0 aliphatic carbocycles. The summed E-state index contributed by atoms with van der Waals surface area (Å²) in [5.74, 6) is -0.329. The zero-order chi connectivity index (χ0) is 21.9. The van der Waals surface area contributed by atoms with Crippen molar-refractivity contribution in [2.75, 3.05) is 26.2 Å². The van der Waals surface area contributed by atoms with Gasteiger partial charge in [0, 0.05) is 43.1 Å². The number of hydrogen-bond acceptors (Lipinski definition) is 4. The predicted octanol–water partition coefficient (Wildman–Crippen LogP) is 2.79. The second kappa shape index (κ2) is 9.28. The normalized spacial score (nSPS) is 16.2. The monoisotopic (exact) mass is 493 g/mol. The van der Waals surface area contributed by atoms with Gasteiger partial charge in [-0.15, -0.1) is 0 Å². The molecule has 0 spiro atoms. The Morgan fingerprint density at radius 2 is 1.53 bits per heavy atom. The summed E-state index contributed by atoms with van der Waals surface area (Å²) in [6.07, 6.45) is 0. The molecule has 1 atom stereocenters. The minimum absolute atomic E-state index is 0.0558. The van der Waals surface area contributed by atoms with Crippen molar-refractivity contribution < 1.29 is 18.0 Å². The van der Waals surface area contributed by atoms with Gasteiger partial charge in [-0.05, 0) is 48.9 Å². The third kappa shape index (κ3) is 5.08. The Bertz CT molecular complexity index is 1020. The highest BCUT2D eigenvalue weighted by Gasteiger charge is 2.29. The number of rotatable bonds is 5. The van der Waals surface area contributed by atoms with Gasteiger partial charge in [-0.2, -0.15) is 4.31 Å². The molecule has 2 aromatic carbocycles. The molecule has 1 aliphatic heterocycles. The van der Waals surface area contributed by atoms with Crippen LogP contribution in [0.2, 0.25) is 0 Å². The average Bonchev–Trinajstić information content (AvgIpc) is 2.74. The topological polar surface area (TPSA) is 86.8 Å². The Hall–Kier alpha value is -2.23. The molecular formula is C21H24BrN3O4S. The Kier molecular flexibility index (Phi) is 6.95. The van der Waals surface area contributed by atoms with Crippen molar-refractivity contribution in [2.24, 2.45) is 0 Å². The van der Waals surface area contributed by atoms with Crippen LogP contribution in [0.25, 0.3) is 0 Å². The minimum atomic E-state index is -3.66. The van der Waals surface area contributed by atoms with Gasteiger partial charge in [0.1, 0.15) is 0 Å². The minimum Gasteiger partial charge on any atom is -0.346 e. The molecule has 0 aromatic heterocycles. The number of piperazine rings is 1. The van der Waals surface area contributed by atoms with Crippen molar-refractivity contribution in [3.05, 3.63) is 64.1 Å². The first-order valence-corrected chi connectivity index (χ1v) is 11.8. The fourth-order valence-electron chi connectivity index (χ4n) is 3.29. The Morgan fingerprint density at radius 1 is 0.967 bits per heavy atom. The molecule has 160 valence electrons. The van der Waals surface area contributed by atoms with Crippen molar-refractivity contribution in [1.29, 1.82) is 0 Å². The largest absolute Gasteiger partial charge is 0.346 e. The number of nitrogens with one attached hydrogen (secondary N) is 1. The molecule has 1 unspecified atom stereocenters. The summed E-state index contributed by atoms with van der Waals surface area (Å²) < 4.78 is 28.0. The third-order valence-corrected chi connectivity index (χ3v) is 7.60. The molecule has 1 heterocycles. The van der Waals surface area contributed by atoms with E-state index in [0.717, 1.165) is 10.0 Å². The first kappa shape index (κ1) is 22.5. The molecule has 0 bridgehead atoms. The summed E-state index contributed by atoms with van der Waals surface area (Å²) in [6, 6.07) is 13.4. The number of hydrogen-bond donors (Lipinski definition) is 1. The maximum absolute atomic E-state index is 12.9. The van der Waals surface area contributed by atoms with Gasteiger partial charge >= 0.3 is 0 Å². The van der Waals surface area contributed by atoms with Crippen LogP contribution in [0.5, 0.6) is 0 Å². The van der Waals surface area contributed by atoms with Crippen molar-refractivity contribution in [3.8, 4) is 0 Å². The van der Waals surface area contributed by atoms with Crippen LogP contribution in [0.3, 0.4) is 0 Å². The van der Waals surface area contributed by atoms with Gasteiger partial charge in [-0.25, -0.2) is 8.42 Å². The van der Waals surface area contributed by atoms with Crippen LogP contribution in [0.4, 0.5) is 0 Å². The number of halogens is 1. The van der Waals surface area contributed by atoms with Gasteiger partial charge in [0.2, 0.25) is 15.9 Å². The lowest BCUT2D eigenvalue weighted by atomic mass is 10.1. The lowest BCUT2D eigenvalue weighted by molar-refractivity contribution is -0.129. The smallest absolute Gasteiger partial charge is 0.251 e. The van der Waals surface area contributed by atoms with Gasteiger partial charge in [-0.1, -0.05) is 28.1 Å². The number of carbonyl (C=O) groups is 2. The van der Waals surface area contributed by atoms with E-state index in [2.05, 4.69) is 21.2 Å². The highest BCUT2D eigenvalue weighted by Crippen LogP contribution is 2.20. The fraction of sp³-hybridized carbons (Fsp3) is 0.333. The van der Waals surface area contributed by atoms with Crippen LogP contribution in [-0.2, 0) is 14.8 Å². The number of nitrogens with zero attached hydrogens (tertiary/aromatic N) is 2. The first-order chi connectivity index (χ1) is 14.2. The molecule has 2 amide bonds. The van der Waals surface area contributed by atoms with E-state index in [-0.39, 0.29) is 35.8 Å². The van der Waals surface area contributed by atoms with E-state index in [9.17, 15) is 18.0 Å². The molecule has 0 saturated carbocycles. The summed E-state index contributed by atoms with van der Waals surface area (Å²) in [5.41, 5.74) is 1.36. The van der Waals surface area contributed by atoms with E-state index in [1.54, 1.807) is 4.90 Å². The van der Waals surface area contributed by atoms with E-state index >= 15 is 0 Å². The van der Waals surface area contributed by atoms with E-state index in [4.69, 9.17) is 0 Å². The second-order valence-corrected chi connectivity index (χ2v) is 10.0. The molecule has 0 radical (unpaired) electrons. The number of benzene rings is 2. The van der Waals surface area contributed by atoms with Crippen LogP contribution in [0.15, 0.2) is 57.9 Å². The molecule has 7 nitrogen and oxygen atoms in total. The second-order valence-electron chi connectivity index (χ2n) is 7.18. The molecule has 1 N–H and O–H groups in total. The highest BCUT2D eigenvalue weighted by molar-refractivity contribution is 9.10. The van der Waals surface area contributed by atoms with Gasteiger partial charge in [0.15, 0.2) is 0 Å². The van der Waals surface area contributed by atoms with Gasteiger partial charge < -0.3 is 10.2 Å². The summed E-state index contributed by atoms with van der Waals surface area (Å²) in [5, 5.41) is 2.92. The number of carbonyl (C=O) groups excluding carboxylic acids is 2.